The van der Waals surface area contributed by atoms with Crippen molar-refractivity contribution in [3.63, 3.8) is 0 Å². The van der Waals surface area contributed by atoms with Crippen LogP contribution < -0.4 is 0 Å². The van der Waals surface area contributed by atoms with E-state index < -0.39 is 14.3 Å². The quantitative estimate of drug-likeness (QED) is 0.485. The molecule has 1 N–H and O–H groups in total. The Morgan fingerprint density at radius 2 is 2.00 bits per heavy atom. The van der Waals surface area contributed by atoms with Crippen LogP contribution in [0.15, 0.2) is 24.7 Å². The average Bonchev–Trinajstić information content (AvgIpc) is 3.21. The Labute approximate surface area is 169 Å². The van der Waals surface area contributed by atoms with Gasteiger partial charge in [-0.15, -0.1) is 11.3 Å². The van der Waals surface area contributed by atoms with Gasteiger partial charge in [-0.25, -0.2) is 9.78 Å². The van der Waals surface area contributed by atoms with E-state index in [1.54, 1.807) is 18.5 Å². The molecule has 0 saturated heterocycles. The summed E-state index contributed by atoms with van der Waals surface area (Å²) in [6.45, 7) is 11.4. The second-order valence-corrected chi connectivity index (χ2v) is 14.0. The highest BCUT2D eigenvalue weighted by atomic mass is 32.1. The summed E-state index contributed by atoms with van der Waals surface area (Å²) in [4.78, 5) is 21.5. The van der Waals surface area contributed by atoms with Crippen LogP contribution in [0.4, 0.5) is 0 Å². The van der Waals surface area contributed by atoms with Crippen LogP contribution in [0.2, 0.25) is 18.1 Å². The first-order valence-corrected chi connectivity index (χ1v) is 12.6. The Balaban J connectivity index is 1.92. The number of methoxy groups -OCH3 is 1. The topological polar surface area (TPSA) is 86.0 Å². The van der Waals surface area contributed by atoms with Gasteiger partial charge < -0.3 is 14.3 Å². The molecule has 0 radical (unpaired) electrons. The zero-order chi connectivity index (χ0) is 20.7. The zero-order valence-electron chi connectivity index (χ0n) is 16.9. The van der Waals surface area contributed by atoms with Crippen LogP contribution >= 0.6 is 11.3 Å². The number of thiophene rings is 1. The third-order valence-corrected chi connectivity index (χ3v) is 10.8. The van der Waals surface area contributed by atoms with Crippen LogP contribution in [0.25, 0.3) is 16.2 Å². The number of carbonyl (C=O) groups excluding carboxylic acids is 1. The van der Waals surface area contributed by atoms with E-state index in [0.29, 0.717) is 17.1 Å². The van der Waals surface area contributed by atoms with Crippen LogP contribution in [0.1, 0.15) is 36.1 Å². The van der Waals surface area contributed by atoms with Crippen LogP contribution in [0.3, 0.4) is 0 Å². The summed E-state index contributed by atoms with van der Waals surface area (Å²) in [5.41, 5.74) is 2.24. The Hall–Kier alpha value is -2.23. The molecule has 0 aliphatic heterocycles. The smallest absolute Gasteiger partial charge is 0.351 e. The lowest BCUT2D eigenvalue weighted by Gasteiger charge is -2.36. The van der Waals surface area contributed by atoms with E-state index in [2.05, 4.69) is 43.8 Å². The molecule has 3 heterocycles. The maximum absolute atomic E-state index is 11.8. The molecule has 9 heteroatoms. The fourth-order valence-corrected chi connectivity index (χ4v) is 4.32. The largest absolute Gasteiger partial charge is 0.506 e. The van der Waals surface area contributed by atoms with Crippen molar-refractivity contribution in [3.8, 4) is 16.3 Å². The SMILES string of the molecule is COC(=O)c1sc(-c2cnc3cnc(CO[Si](C)(C)C(C)(C)C)cn23)cc1O. The van der Waals surface area contributed by atoms with Gasteiger partial charge in [-0.05, 0) is 18.1 Å². The minimum Gasteiger partial charge on any atom is -0.506 e. The molecule has 0 aromatic carbocycles. The van der Waals surface area contributed by atoms with E-state index in [-0.39, 0.29) is 15.7 Å². The van der Waals surface area contributed by atoms with Crippen molar-refractivity contribution >= 4 is 31.3 Å². The summed E-state index contributed by atoms with van der Waals surface area (Å²) in [5, 5.41) is 10.2. The van der Waals surface area contributed by atoms with E-state index in [9.17, 15) is 9.90 Å². The van der Waals surface area contributed by atoms with Crippen molar-refractivity contribution in [1.29, 1.82) is 0 Å². The number of aromatic nitrogens is 3. The van der Waals surface area contributed by atoms with Gasteiger partial charge in [-0.2, -0.15) is 0 Å². The van der Waals surface area contributed by atoms with E-state index in [1.165, 1.54) is 7.11 Å². The van der Waals surface area contributed by atoms with Gasteiger partial charge >= 0.3 is 5.97 Å². The molecule has 0 bridgehead atoms. The Bertz CT molecular complexity index is 1020. The lowest BCUT2D eigenvalue weighted by molar-refractivity contribution is 0.0603. The number of rotatable bonds is 5. The first-order valence-electron chi connectivity index (χ1n) is 8.91. The van der Waals surface area contributed by atoms with E-state index in [4.69, 9.17) is 9.16 Å². The lowest BCUT2D eigenvalue weighted by atomic mass is 10.2. The number of fused-ring (bicyclic) bond motifs is 1. The molecule has 0 fully saturated rings. The van der Waals surface area contributed by atoms with Gasteiger partial charge in [0.2, 0.25) is 0 Å². The number of imidazole rings is 1. The summed E-state index contributed by atoms with van der Waals surface area (Å²) in [6, 6.07) is 1.55. The first-order chi connectivity index (χ1) is 13.0. The van der Waals surface area contributed by atoms with Crippen LogP contribution in [-0.4, -0.2) is 40.9 Å². The Morgan fingerprint density at radius 3 is 2.64 bits per heavy atom. The second kappa shape index (κ2) is 7.30. The molecule has 0 saturated carbocycles. The lowest BCUT2D eigenvalue weighted by Crippen LogP contribution is -2.40. The van der Waals surface area contributed by atoms with Crippen molar-refractivity contribution in [1.82, 2.24) is 14.4 Å². The number of hydrogen-bond donors (Lipinski definition) is 1. The third-order valence-electron chi connectivity index (χ3n) is 5.17. The van der Waals surface area contributed by atoms with Crippen molar-refractivity contribution in [2.24, 2.45) is 0 Å². The number of nitrogens with zero attached hydrogens (tertiary/aromatic N) is 3. The van der Waals surface area contributed by atoms with E-state index in [1.807, 2.05) is 10.6 Å². The predicted molar refractivity (Wildman–Crippen MR) is 111 cm³/mol. The molecule has 3 aromatic heterocycles. The number of ether oxygens (including phenoxy) is 1. The molecular weight excluding hydrogens is 394 g/mol. The van der Waals surface area contributed by atoms with Gasteiger partial charge in [0.15, 0.2) is 18.8 Å². The molecule has 3 aromatic rings. The molecule has 0 amide bonds. The zero-order valence-corrected chi connectivity index (χ0v) is 18.8. The summed E-state index contributed by atoms with van der Waals surface area (Å²) < 4.78 is 12.9. The van der Waals surface area contributed by atoms with Crippen molar-refractivity contribution in [2.75, 3.05) is 7.11 Å². The Morgan fingerprint density at radius 1 is 1.29 bits per heavy atom. The van der Waals surface area contributed by atoms with Gasteiger partial charge in [0.1, 0.15) is 5.75 Å². The third kappa shape index (κ3) is 3.82. The van der Waals surface area contributed by atoms with Crippen LogP contribution in [0, 0.1) is 0 Å². The molecule has 0 spiro atoms. The maximum Gasteiger partial charge on any atom is 0.351 e. The first kappa shape index (κ1) is 20.5. The van der Waals surface area contributed by atoms with Gasteiger partial charge in [-0.1, -0.05) is 20.8 Å². The van der Waals surface area contributed by atoms with Crippen LogP contribution in [0.5, 0.6) is 5.75 Å². The van der Waals surface area contributed by atoms with Gasteiger partial charge in [0.25, 0.3) is 0 Å². The highest BCUT2D eigenvalue weighted by Crippen LogP contribution is 2.38. The summed E-state index contributed by atoms with van der Waals surface area (Å²) in [6.07, 6.45) is 5.28. The van der Waals surface area contributed by atoms with E-state index >= 15 is 0 Å². The molecule has 0 aliphatic rings. The molecule has 150 valence electrons. The fraction of sp³-hybridized carbons (Fsp3) is 0.421. The second-order valence-electron chi connectivity index (χ2n) is 8.12. The molecule has 0 unspecified atom stereocenters. The minimum absolute atomic E-state index is 0.0997. The molecule has 0 atom stereocenters. The summed E-state index contributed by atoms with van der Waals surface area (Å²) in [7, 11) is -0.597. The number of carbonyl (C=O) groups is 1. The fourth-order valence-electron chi connectivity index (χ4n) is 2.40. The number of aromatic hydroxyl groups is 1. The van der Waals surface area contributed by atoms with Crippen LogP contribution in [-0.2, 0) is 15.8 Å². The van der Waals surface area contributed by atoms with Crippen molar-refractivity contribution in [2.45, 2.75) is 45.5 Å². The van der Waals surface area contributed by atoms with Gasteiger partial charge in [0, 0.05) is 12.3 Å². The maximum atomic E-state index is 11.8. The molecule has 0 aliphatic carbocycles. The minimum atomic E-state index is -1.88. The number of esters is 1. The summed E-state index contributed by atoms with van der Waals surface area (Å²) >= 11 is 1.16. The standard InChI is InChI=1S/C19H25N3O4SSi/c1-19(2,3)28(5,6)26-11-12-10-22-13(8-21-16(22)9-20-12)15-7-14(23)17(27-15)18(24)25-4/h7-10,23H,11H2,1-6H3. The van der Waals surface area contributed by atoms with Gasteiger partial charge in [0.05, 0.1) is 42.4 Å². The molecule has 7 nitrogen and oxygen atoms in total. The predicted octanol–water partition coefficient (Wildman–Crippen LogP) is 4.47. The van der Waals surface area contributed by atoms with Crippen molar-refractivity contribution < 1.29 is 19.1 Å². The summed E-state index contributed by atoms with van der Waals surface area (Å²) in [5.74, 6) is -0.662. The highest BCUT2D eigenvalue weighted by Gasteiger charge is 2.37. The molecule has 3 rings (SSSR count). The Kier molecular flexibility index (Phi) is 5.35. The monoisotopic (exact) mass is 419 g/mol. The van der Waals surface area contributed by atoms with Crippen molar-refractivity contribution in [3.05, 3.63) is 35.2 Å². The van der Waals surface area contributed by atoms with Gasteiger partial charge in [-0.3, -0.25) is 9.38 Å². The normalized spacial score (nSPS) is 12.5. The highest BCUT2D eigenvalue weighted by molar-refractivity contribution is 7.17. The molecule has 28 heavy (non-hydrogen) atoms. The molecular formula is C19H25N3O4SSi. The average molecular weight is 420 g/mol. The van der Waals surface area contributed by atoms with E-state index in [0.717, 1.165) is 22.7 Å². The number of hydrogen-bond acceptors (Lipinski definition) is 7.